The third-order valence-electron chi connectivity index (χ3n) is 4.55. The van der Waals surface area contributed by atoms with E-state index in [2.05, 4.69) is 41.2 Å². The number of methoxy groups -OCH3 is 1. The lowest BCUT2D eigenvalue weighted by atomic mass is 9.89. The van der Waals surface area contributed by atoms with Crippen LogP contribution in [0.25, 0.3) is 0 Å². The first-order valence-corrected chi connectivity index (χ1v) is 9.05. The first-order chi connectivity index (χ1) is 11.0. The third kappa shape index (κ3) is 6.24. The normalized spacial score (nSPS) is 12.9. The molecule has 0 radical (unpaired) electrons. The molecule has 0 aliphatic carbocycles. The van der Waals surface area contributed by atoms with Crippen molar-refractivity contribution in [3.05, 3.63) is 34.3 Å². The summed E-state index contributed by atoms with van der Waals surface area (Å²) in [6.07, 6.45) is 3.06. The van der Waals surface area contributed by atoms with Crippen LogP contribution in [0.5, 0.6) is 0 Å². The van der Waals surface area contributed by atoms with Gasteiger partial charge in [0.1, 0.15) is 0 Å². The molecule has 0 aliphatic heterocycles. The van der Waals surface area contributed by atoms with Crippen LogP contribution in [0.2, 0.25) is 0 Å². The zero-order valence-corrected chi connectivity index (χ0v) is 16.0. The van der Waals surface area contributed by atoms with Gasteiger partial charge in [0.15, 0.2) is 0 Å². The molecule has 0 aromatic heterocycles. The van der Waals surface area contributed by atoms with Crippen LogP contribution >= 0.6 is 15.9 Å². The molecular formula is C18H29BrN2O2. The minimum absolute atomic E-state index is 0.0659. The van der Waals surface area contributed by atoms with E-state index in [1.54, 1.807) is 7.11 Å². The molecule has 0 aliphatic rings. The predicted molar refractivity (Wildman–Crippen MR) is 98.3 cm³/mol. The molecule has 1 atom stereocenters. The van der Waals surface area contributed by atoms with E-state index in [1.807, 2.05) is 18.2 Å². The van der Waals surface area contributed by atoms with Crippen LogP contribution in [0.1, 0.15) is 38.7 Å². The van der Waals surface area contributed by atoms with Gasteiger partial charge in [0.25, 0.3) is 0 Å². The lowest BCUT2D eigenvalue weighted by Gasteiger charge is -2.33. The number of hydrogen-bond acceptors (Lipinski definition) is 3. The first-order valence-electron chi connectivity index (χ1n) is 8.25. The number of nitrogens with one attached hydrogen (secondary N) is 1. The van der Waals surface area contributed by atoms with E-state index >= 15 is 0 Å². The van der Waals surface area contributed by atoms with Gasteiger partial charge in [-0.1, -0.05) is 41.9 Å². The summed E-state index contributed by atoms with van der Waals surface area (Å²) in [7, 11) is 1.66. The summed E-state index contributed by atoms with van der Waals surface area (Å²) in [5.41, 5.74) is 6.74. The van der Waals surface area contributed by atoms with Gasteiger partial charge in [-0.25, -0.2) is 0 Å². The van der Waals surface area contributed by atoms with Crippen molar-refractivity contribution in [1.82, 2.24) is 5.32 Å². The molecule has 0 saturated carbocycles. The molecule has 0 fully saturated rings. The Bertz CT molecular complexity index is 481. The van der Waals surface area contributed by atoms with Crippen LogP contribution in [-0.2, 0) is 16.0 Å². The molecule has 1 amide bonds. The SMILES string of the molecule is CCC(CC)(CN)NC(=O)C(CCOC)Cc1cccc(Br)c1. The average molecular weight is 385 g/mol. The number of amides is 1. The number of ether oxygens (including phenoxy) is 1. The van der Waals surface area contributed by atoms with E-state index in [0.717, 1.165) is 22.9 Å². The summed E-state index contributed by atoms with van der Waals surface area (Å²) in [6.45, 7) is 5.16. The zero-order valence-electron chi connectivity index (χ0n) is 14.4. The number of halogens is 1. The minimum atomic E-state index is -0.306. The summed E-state index contributed by atoms with van der Waals surface area (Å²) in [5.74, 6) is -0.0514. The Hall–Kier alpha value is -0.910. The van der Waals surface area contributed by atoms with Crippen LogP contribution in [0, 0.1) is 5.92 Å². The van der Waals surface area contributed by atoms with Crippen LogP contribution in [-0.4, -0.2) is 31.7 Å². The van der Waals surface area contributed by atoms with E-state index in [9.17, 15) is 4.79 Å². The summed E-state index contributed by atoms with van der Waals surface area (Å²) < 4.78 is 6.21. The largest absolute Gasteiger partial charge is 0.385 e. The van der Waals surface area contributed by atoms with Crippen molar-refractivity contribution < 1.29 is 9.53 Å². The molecule has 1 rings (SSSR count). The fraction of sp³-hybridized carbons (Fsp3) is 0.611. The monoisotopic (exact) mass is 384 g/mol. The van der Waals surface area contributed by atoms with Crippen molar-refractivity contribution in [2.75, 3.05) is 20.3 Å². The highest BCUT2D eigenvalue weighted by molar-refractivity contribution is 9.10. The van der Waals surface area contributed by atoms with E-state index in [4.69, 9.17) is 10.5 Å². The van der Waals surface area contributed by atoms with Crippen LogP contribution in [0.3, 0.4) is 0 Å². The Kier molecular flexibility index (Phi) is 8.81. The van der Waals surface area contributed by atoms with Gasteiger partial charge in [-0.2, -0.15) is 0 Å². The van der Waals surface area contributed by atoms with Crippen molar-refractivity contribution in [2.24, 2.45) is 11.7 Å². The Morgan fingerprint density at radius 1 is 1.39 bits per heavy atom. The molecule has 0 saturated heterocycles. The van der Waals surface area contributed by atoms with Gasteiger partial charge in [0.05, 0.1) is 5.54 Å². The molecule has 1 aromatic rings. The fourth-order valence-electron chi connectivity index (χ4n) is 2.66. The second-order valence-electron chi connectivity index (χ2n) is 5.99. The molecule has 0 spiro atoms. The van der Waals surface area contributed by atoms with Crippen LogP contribution < -0.4 is 11.1 Å². The third-order valence-corrected chi connectivity index (χ3v) is 5.04. The van der Waals surface area contributed by atoms with Gasteiger partial charge >= 0.3 is 0 Å². The van der Waals surface area contributed by atoms with E-state index in [0.29, 0.717) is 26.0 Å². The molecule has 1 unspecified atom stereocenters. The molecule has 5 heteroatoms. The fourth-order valence-corrected chi connectivity index (χ4v) is 3.11. The van der Waals surface area contributed by atoms with Gasteiger partial charge in [-0.15, -0.1) is 0 Å². The lowest BCUT2D eigenvalue weighted by molar-refractivity contribution is -0.127. The molecule has 23 heavy (non-hydrogen) atoms. The Balaban J connectivity index is 2.85. The summed E-state index contributed by atoms with van der Waals surface area (Å²) in [5, 5.41) is 3.19. The second-order valence-corrected chi connectivity index (χ2v) is 6.91. The molecule has 3 N–H and O–H groups in total. The van der Waals surface area contributed by atoms with Crippen molar-refractivity contribution in [2.45, 2.75) is 45.1 Å². The van der Waals surface area contributed by atoms with Crippen molar-refractivity contribution in [1.29, 1.82) is 0 Å². The van der Waals surface area contributed by atoms with Gasteiger partial charge in [0, 0.05) is 30.7 Å². The summed E-state index contributed by atoms with van der Waals surface area (Å²) >= 11 is 3.48. The van der Waals surface area contributed by atoms with E-state index in [1.165, 1.54) is 0 Å². The van der Waals surface area contributed by atoms with Gasteiger partial charge in [-0.3, -0.25) is 4.79 Å². The van der Waals surface area contributed by atoms with Crippen LogP contribution in [0.15, 0.2) is 28.7 Å². The molecule has 4 nitrogen and oxygen atoms in total. The number of rotatable bonds is 10. The Morgan fingerprint density at radius 2 is 2.09 bits per heavy atom. The van der Waals surface area contributed by atoms with Gasteiger partial charge in [0.2, 0.25) is 5.91 Å². The maximum Gasteiger partial charge on any atom is 0.224 e. The second kappa shape index (κ2) is 10.1. The maximum absolute atomic E-state index is 12.8. The highest BCUT2D eigenvalue weighted by Gasteiger charge is 2.29. The quantitative estimate of drug-likeness (QED) is 0.650. The number of benzene rings is 1. The minimum Gasteiger partial charge on any atom is -0.385 e. The smallest absolute Gasteiger partial charge is 0.224 e. The maximum atomic E-state index is 12.8. The number of carbonyl (C=O) groups is 1. The molecule has 0 heterocycles. The van der Waals surface area contributed by atoms with E-state index in [-0.39, 0.29) is 17.4 Å². The van der Waals surface area contributed by atoms with E-state index < -0.39 is 0 Å². The number of nitrogens with two attached hydrogens (primary N) is 1. The standard InChI is InChI=1S/C18H29BrN2O2/c1-4-18(5-2,13-20)21-17(22)15(9-10-23-3)11-14-7-6-8-16(19)12-14/h6-8,12,15H,4-5,9-11,13,20H2,1-3H3,(H,21,22). The molecule has 1 aromatic carbocycles. The highest BCUT2D eigenvalue weighted by atomic mass is 79.9. The molecular weight excluding hydrogens is 356 g/mol. The van der Waals surface area contributed by atoms with Crippen molar-refractivity contribution >= 4 is 21.8 Å². The summed E-state index contributed by atoms with van der Waals surface area (Å²) in [6, 6.07) is 8.09. The average Bonchev–Trinajstić information content (AvgIpc) is 2.56. The van der Waals surface area contributed by atoms with Gasteiger partial charge in [-0.05, 0) is 43.4 Å². The Morgan fingerprint density at radius 3 is 2.61 bits per heavy atom. The number of hydrogen-bond donors (Lipinski definition) is 2. The lowest BCUT2D eigenvalue weighted by Crippen LogP contribution is -2.54. The summed E-state index contributed by atoms with van der Waals surface area (Å²) in [4.78, 5) is 12.8. The van der Waals surface area contributed by atoms with Gasteiger partial charge < -0.3 is 15.8 Å². The highest BCUT2D eigenvalue weighted by Crippen LogP contribution is 2.20. The molecule has 130 valence electrons. The molecule has 0 bridgehead atoms. The topological polar surface area (TPSA) is 64.3 Å². The van der Waals surface area contributed by atoms with Crippen LogP contribution in [0.4, 0.5) is 0 Å². The first kappa shape index (κ1) is 20.1. The number of carbonyl (C=O) groups excluding carboxylic acids is 1. The zero-order chi connectivity index (χ0) is 17.3. The van der Waals surface area contributed by atoms with Crippen molar-refractivity contribution in [3.63, 3.8) is 0 Å². The predicted octanol–water partition coefficient (Wildman–Crippen LogP) is 3.28. The Labute approximate surface area is 148 Å². The van der Waals surface area contributed by atoms with Crippen molar-refractivity contribution in [3.8, 4) is 0 Å².